The van der Waals surface area contributed by atoms with Crippen LogP contribution in [-0.2, 0) is 18.1 Å². The lowest BCUT2D eigenvalue weighted by Crippen LogP contribution is -2.75. The van der Waals surface area contributed by atoms with Gasteiger partial charge in [-0.25, -0.2) is 19.4 Å². The zero-order valence-electron chi connectivity index (χ0n) is 20.2. The molecule has 3 saturated heterocycles. The second-order valence-electron chi connectivity index (χ2n) is 12.1. The molecule has 4 aliphatic rings. The molecule has 2 spiro atoms. The Morgan fingerprint density at radius 3 is 2.23 bits per heavy atom. The van der Waals surface area contributed by atoms with Gasteiger partial charge in [-0.3, -0.25) is 4.90 Å². The van der Waals surface area contributed by atoms with Crippen molar-refractivity contribution >= 4 is 6.03 Å². The maximum atomic E-state index is 12.9. The molecular weight excluding hydrogens is 463 g/mol. The molecule has 1 saturated carbocycles. The molecule has 4 fully saturated rings. The molecule has 1 aliphatic carbocycles. The summed E-state index contributed by atoms with van der Waals surface area (Å²) in [7, 11) is 0. The number of likely N-dealkylation sites (tertiary alicyclic amines) is 3. The van der Waals surface area contributed by atoms with Gasteiger partial charge in [0.1, 0.15) is 12.6 Å². The van der Waals surface area contributed by atoms with E-state index >= 15 is 0 Å². The minimum atomic E-state index is -4.52. The Kier molecular flexibility index (Phi) is 4.70. The van der Waals surface area contributed by atoms with Gasteiger partial charge in [0.25, 0.3) is 5.82 Å². The van der Waals surface area contributed by atoms with E-state index in [1.807, 2.05) is 9.80 Å². The third kappa shape index (κ3) is 3.89. The summed E-state index contributed by atoms with van der Waals surface area (Å²) in [6.45, 7) is 11.8. The van der Waals surface area contributed by atoms with Crippen LogP contribution in [0.3, 0.4) is 0 Å². The molecular formula is C23H30F3N7O2. The van der Waals surface area contributed by atoms with Crippen LogP contribution in [0.4, 0.5) is 18.0 Å². The molecule has 190 valence electrons. The molecule has 0 bridgehead atoms. The number of urea groups is 1. The number of carbonyl (C=O) groups excluding carboxylic acids is 1. The molecule has 0 aromatic carbocycles. The van der Waals surface area contributed by atoms with Gasteiger partial charge in [0.05, 0.1) is 18.3 Å². The van der Waals surface area contributed by atoms with Gasteiger partial charge in [0.2, 0.25) is 5.89 Å². The molecule has 0 N–H and O–H groups in total. The van der Waals surface area contributed by atoms with Crippen LogP contribution in [-0.4, -0.2) is 79.7 Å². The van der Waals surface area contributed by atoms with Gasteiger partial charge >= 0.3 is 12.2 Å². The highest BCUT2D eigenvalue weighted by Crippen LogP contribution is 2.54. The zero-order valence-corrected chi connectivity index (χ0v) is 20.2. The largest absolute Gasteiger partial charge is 0.453 e. The number of alkyl halides is 3. The fourth-order valence-electron chi connectivity index (χ4n) is 6.10. The number of carbonyl (C=O) groups is 1. The Hall–Kier alpha value is -2.63. The van der Waals surface area contributed by atoms with Gasteiger partial charge in [0, 0.05) is 55.5 Å². The SMILES string of the molecule is CC(C)(C)c1coc(CN2CC3(C2)CN(C(=O)N2CC4(CC(n5cnc(C(F)(F)F)n5)C4)C2)C3)n1. The van der Waals surface area contributed by atoms with E-state index in [2.05, 4.69) is 40.7 Å². The third-order valence-electron chi connectivity index (χ3n) is 7.92. The summed E-state index contributed by atoms with van der Waals surface area (Å²) in [6.07, 6.45) is -0.161. The lowest BCUT2D eigenvalue weighted by Gasteiger charge is -2.63. The fraction of sp³-hybridized carbons (Fsp3) is 0.739. The molecule has 0 unspecified atom stereocenters. The zero-order chi connectivity index (χ0) is 24.8. The molecule has 35 heavy (non-hydrogen) atoms. The summed E-state index contributed by atoms with van der Waals surface area (Å²) in [5.41, 5.74) is 1.13. The second-order valence-corrected chi connectivity index (χ2v) is 12.1. The van der Waals surface area contributed by atoms with Crippen molar-refractivity contribution in [1.29, 1.82) is 0 Å². The molecule has 2 aromatic heterocycles. The number of oxazole rings is 1. The van der Waals surface area contributed by atoms with Crippen molar-refractivity contribution in [3.05, 3.63) is 30.0 Å². The lowest BCUT2D eigenvalue weighted by atomic mass is 9.60. The van der Waals surface area contributed by atoms with E-state index in [-0.39, 0.29) is 28.3 Å². The summed E-state index contributed by atoms with van der Waals surface area (Å²) in [6, 6.07) is -0.00185. The van der Waals surface area contributed by atoms with Gasteiger partial charge in [0.15, 0.2) is 0 Å². The number of nitrogens with zero attached hydrogens (tertiary/aromatic N) is 7. The molecule has 3 aliphatic heterocycles. The van der Waals surface area contributed by atoms with Crippen molar-refractivity contribution < 1.29 is 22.4 Å². The summed E-state index contributed by atoms with van der Waals surface area (Å²) in [4.78, 5) is 26.9. The van der Waals surface area contributed by atoms with Crippen molar-refractivity contribution in [3.8, 4) is 0 Å². The first kappa shape index (κ1) is 22.8. The highest BCUT2D eigenvalue weighted by atomic mass is 19.4. The van der Waals surface area contributed by atoms with E-state index in [9.17, 15) is 18.0 Å². The molecule has 0 radical (unpaired) electrons. The Labute approximate surface area is 201 Å². The van der Waals surface area contributed by atoms with E-state index in [1.165, 1.54) is 4.68 Å². The van der Waals surface area contributed by atoms with Gasteiger partial charge in [-0.05, 0) is 12.8 Å². The summed E-state index contributed by atoms with van der Waals surface area (Å²) < 4.78 is 45.1. The van der Waals surface area contributed by atoms with Crippen molar-refractivity contribution in [1.82, 2.24) is 34.4 Å². The molecule has 2 aromatic rings. The van der Waals surface area contributed by atoms with Crippen molar-refractivity contribution in [2.75, 3.05) is 39.3 Å². The third-order valence-corrected chi connectivity index (χ3v) is 7.92. The minimum Gasteiger partial charge on any atom is -0.447 e. The monoisotopic (exact) mass is 493 g/mol. The predicted molar refractivity (Wildman–Crippen MR) is 117 cm³/mol. The maximum absolute atomic E-state index is 12.9. The van der Waals surface area contributed by atoms with Crippen molar-refractivity contribution in [2.45, 2.75) is 57.8 Å². The number of halogens is 3. The van der Waals surface area contributed by atoms with E-state index in [0.29, 0.717) is 19.6 Å². The first-order valence-electron chi connectivity index (χ1n) is 12.0. The summed E-state index contributed by atoms with van der Waals surface area (Å²) in [5.74, 6) is -0.359. The van der Waals surface area contributed by atoms with E-state index in [0.717, 1.165) is 56.9 Å². The van der Waals surface area contributed by atoms with Gasteiger partial charge in [-0.1, -0.05) is 20.8 Å². The predicted octanol–water partition coefficient (Wildman–Crippen LogP) is 3.16. The standard InChI is InChI=1S/C23H30F3N7O2/c1-20(2,3)16-7-35-17(28-16)6-30-8-22(9-30)12-32(13-22)19(34)31-10-21(11-31)4-15(5-21)33-14-27-18(29-33)23(24,25)26/h7,14-15H,4-6,8-13H2,1-3H3. The molecule has 0 atom stereocenters. The van der Waals surface area contributed by atoms with Gasteiger partial charge < -0.3 is 14.2 Å². The first-order chi connectivity index (χ1) is 16.3. The number of rotatable bonds is 3. The quantitative estimate of drug-likeness (QED) is 0.653. The first-order valence-corrected chi connectivity index (χ1v) is 12.0. The summed E-state index contributed by atoms with van der Waals surface area (Å²) >= 11 is 0. The van der Waals surface area contributed by atoms with Crippen LogP contribution in [0.1, 0.15) is 57.1 Å². The maximum Gasteiger partial charge on any atom is 0.453 e. The van der Waals surface area contributed by atoms with E-state index in [1.54, 1.807) is 6.26 Å². The Bertz CT molecular complexity index is 1120. The topological polar surface area (TPSA) is 83.5 Å². The highest BCUT2D eigenvalue weighted by molar-refractivity contribution is 5.77. The average Bonchev–Trinajstić information content (AvgIpc) is 3.29. The van der Waals surface area contributed by atoms with Crippen LogP contribution in [0.2, 0.25) is 0 Å². The second kappa shape index (κ2) is 7.21. The van der Waals surface area contributed by atoms with Crippen LogP contribution in [0.15, 0.2) is 17.0 Å². The van der Waals surface area contributed by atoms with Crippen LogP contribution in [0, 0.1) is 10.8 Å². The minimum absolute atomic E-state index is 0.0163. The van der Waals surface area contributed by atoms with Crippen LogP contribution >= 0.6 is 0 Å². The number of aromatic nitrogens is 4. The Morgan fingerprint density at radius 2 is 1.69 bits per heavy atom. The van der Waals surface area contributed by atoms with Gasteiger partial charge in [-0.2, -0.15) is 13.2 Å². The van der Waals surface area contributed by atoms with E-state index in [4.69, 9.17) is 4.42 Å². The molecule has 9 nitrogen and oxygen atoms in total. The van der Waals surface area contributed by atoms with Crippen molar-refractivity contribution in [2.24, 2.45) is 10.8 Å². The molecule has 2 amide bonds. The van der Waals surface area contributed by atoms with Crippen LogP contribution in [0.5, 0.6) is 0 Å². The Balaban J connectivity index is 0.926. The number of hydrogen-bond donors (Lipinski definition) is 0. The number of amides is 2. The summed E-state index contributed by atoms with van der Waals surface area (Å²) in [5, 5.41) is 3.59. The van der Waals surface area contributed by atoms with Gasteiger partial charge in [-0.15, -0.1) is 5.10 Å². The van der Waals surface area contributed by atoms with Crippen LogP contribution < -0.4 is 0 Å². The smallest absolute Gasteiger partial charge is 0.447 e. The lowest BCUT2D eigenvalue weighted by molar-refractivity contribution is -0.145. The average molecular weight is 494 g/mol. The molecule has 6 rings (SSSR count). The number of hydrogen-bond acceptors (Lipinski definition) is 6. The normalized spacial score (nSPS) is 23.7. The molecule has 5 heterocycles. The highest BCUT2D eigenvalue weighted by Gasteiger charge is 2.58. The fourth-order valence-corrected chi connectivity index (χ4v) is 6.10. The van der Waals surface area contributed by atoms with E-state index < -0.39 is 12.0 Å². The van der Waals surface area contributed by atoms with Crippen LogP contribution in [0.25, 0.3) is 0 Å². The van der Waals surface area contributed by atoms with Crippen molar-refractivity contribution in [3.63, 3.8) is 0 Å². The molecule has 12 heteroatoms. The Morgan fingerprint density at radius 1 is 1.06 bits per heavy atom.